The molecule has 1 aromatic carbocycles. The molecule has 0 atom stereocenters. The highest BCUT2D eigenvalue weighted by Gasteiger charge is 2.10. The van der Waals surface area contributed by atoms with Gasteiger partial charge in [-0.15, -0.1) is 0 Å². The van der Waals surface area contributed by atoms with Crippen LogP contribution in [0.3, 0.4) is 0 Å². The van der Waals surface area contributed by atoms with Crippen molar-refractivity contribution in [2.45, 2.75) is 11.3 Å². The smallest absolute Gasteiger partial charge is 0.240 e. The maximum atomic E-state index is 11.5. The van der Waals surface area contributed by atoms with Crippen LogP contribution in [-0.4, -0.2) is 37.2 Å². The quantitative estimate of drug-likeness (QED) is 0.710. The molecule has 0 aliphatic carbocycles. The van der Waals surface area contributed by atoms with Crippen LogP contribution in [0.4, 0.5) is 5.69 Å². The summed E-state index contributed by atoms with van der Waals surface area (Å²) >= 11 is 0. The number of anilines is 1. The monoisotopic (exact) mass is 281 g/mol. The lowest BCUT2D eigenvalue weighted by molar-refractivity contribution is 0.588. The lowest BCUT2D eigenvalue weighted by Gasteiger charge is -2.06. The number of aromatic nitrogens is 3. The fourth-order valence-corrected chi connectivity index (χ4v) is 2.28. The van der Waals surface area contributed by atoms with Gasteiger partial charge in [0, 0.05) is 18.7 Å². The molecule has 0 aliphatic heterocycles. The van der Waals surface area contributed by atoms with E-state index in [2.05, 4.69) is 25.2 Å². The number of H-pyrrole nitrogens is 1. The largest absolute Gasteiger partial charge is 0.385 e. The molecule has 102 valence electrons. The molecule has 0 fully saturated rings. The first-order valence-electron chi connectivity index (χ1n) is 5.73. The van der Waals surface area contributed by atoms with Crippen LogP contribution < -0.4 is 10.0 Å². The maximum absolute atomic E-state index is 11.5. The van der Waals surface area contributed by atoms with Gasteiger partial charge in [-0.05, 0) is 31.3 Å². The Hall–Kier alpha value is -1.93. The molecular weight excluding hydrogens is 266 g/mol. The highest BCUT2D eigenvalue weighted by molar-refractivity contribution is 7.89. The summed E-state index contributed by atoms with van der Waals surface area (Å²) in [5.41, 5.74) is 0.856. The lowest BCUT2D eigenvalue weighted by atomic mass is 10.3. The van der Waals surface area contributed by atoms with E-state index in [1.165, 1.54) is 13.4 Å². The number of sulfonamides is 1. The molecule has 0 bridgehead atoms. The molecule has 1 heterocycles. The zero-order chi connectivity index (χ0) is 13.7. The Kier molecular flexibility index (Phi) is 4.13. The van der Waals surface area contributed by atoms with Gasteiger partial charge >= 0.3 is 0 Å². The molecule has 8 heteroatoms. The van der Waals surface area contributed by atoms with Crippen LogP contribution in [0, 0.1) is 0 Å². The fourth-order valence-electron chi connectivity index (χ4n) is 1.55. The third-order valence-corrected chi connectivity index (χ3v) is 4.02. The van der Waals surface area contributed by atoms with Gasteiger partial charge in [-0.1, -0.05) is 0 Å². The Morgan fingerprint density at radius 3 is 2.58 bits per heavy atom. The van der Waals surface area contributed by atoms with E-state index in [-0.39, 0.29) is 4.90 Å². The first-order valence-corrected chi connectivity index (χ1v) is 7.22. The van der Waals surface area contributed by atoms with Crippen molar-refractivity contribution in [2.24, 2.45) is 0 Å². The molecule has 2 aromatic rings. The van der Waals surface area contributed by atoms with Crippen molar-refractivity contribution in [3.63, 3.8) is 0 Å². The van der Waals surface area contributed by atoms with E-state index in [9.17, 15) is 8.42 Å². The summed E-state index contributed by atoms with van der Waals surface area (Å²) in [7, 11) is -1.98. The Bertz CT molecular complexity index is 607. The van der Waals surface area contributed by atoms with Crippen LogP contribution >= 0.6 is 0 Å². The summed E-state index contributed by atoms with van der Waals surface area (Å²) in [5.74, 6) is 0.807. The van der Waals surface area contributed by atoms with Gasteiger partial charge < -0.3 is 5.32 Å². The van der Waals surface area contributed by atoms with Crippen molar-refractivity contribution < 1.29 is 8.42 Å². The van der Waals surface area contributed by atoms with Crippen molar-refractivity contribution in [2.75, 3.05) is 18.9 Å². The van der Waals surface area contributed by atoms with Crippen LogP contribution in [0.15, 0.2) is 35.5 Å². The van der Waals surface area contributed by atoms with Gasteiger partial charge in [0.25, 0.3) is 0 Å². The van der Waals surface area contributed by atoms with Gasteiger partial charge in [0.05, 0.1) is 4.90 Å². The van der Waals surface area contributed by atoms with E-state index in [0.29, 0.717) is 6.54 Å². The second-order valence-electron chi connectivity index (χ2n) is 3.84. The van der Waals surface area contributed by atoms with E-state index in [4.69, 9.17) is 0 Å². The minimum absolute atomic E-state index is 0.246. The zero-order valence-corrected chi connectivity index (χ0v) is 11.2. The molecule has 0 aliphatic rings. The van der Waals surface area contributed by atoms with Crippen molar-refractivity contribution in [3.8, 4) is 0 Å². The average molecular weight is 281 g/mol. The molecule has 0 saturated heterocycles. The number of hydrogen-bond acceptors (Lipinski definition) is 5. The van der Waals surface area contributed by atoms with Crippen molar-refractivity contribution >= 4 is 15.7 Å². The first kappa shape index (κ1) is 13.5. The molecule has 0 spiro atoms. The fraction of sp³-hybridized carbons (Fsp3) is 0.273. The van der Waals surface area contributed by atoms with Crippen LogP contribution in [0.25, 0.3) is 0 Å². The maximum Gasteiger partial charge on any atom is 0.240 e. The molecule has 3 N–H and O–H groups in total. The average Bonchev–Trinajstić information content (AvgIpc) is 2.92. The molecule has 19 heavy (non-hydrogen) atoms. The predicted molar refractivity (Wildman–Crippen MR) is 71.3 cm³/mol. The van der Waals surface area contributed by atoms with Gasteiger partial charge in [-0.3, -0.25) is 5.10 Å². The van der Waals surface area contributed by atoms with Gasteiger partial charge in [0.15, 0.2) is 0 Å². The molecule has 1 aromatic heterocycles. The van der Waals surface area contributed by atoms with Crippen molar-refractivity contribution in [1.82, 2.24) is 19.9 Å². The summed E-state index contributed by atoms with van der Waals surface area (Å²) in [4.78, 5) is 4.26. The highest BCUT2D eigenvalue weighted by atomic mass is 32.2. The minimum Gasteiger partial charge on any atom is -0.385 e. The molecule has 0 amide bonds. The molecule has 2 rings (SSSR count). The van der Waals surface area contributed by atoms with Gasteiger partial charge in [0.1, 0.15) is 12.2 Å². The van der Waals surface area contributed by atoms with E-state index < -0.39 is 10.0 Å². The summed E-state index contributed by atoms with van der Waals surface area (Å²) in [6.07, 6.45) is 2.18. The van der Waals surface area contributed by atoms with E-state index in [1.807, 2.05) is 0 Å². The number of hydrogen-bond donors (Lipinski definition) is 3. The molecule has 0 saturated carbocycles. The van der Waals surface area contributed by atoms with Crippen molar-refractivity contribution in [1.29, 1.82) is 0 Å². The number of aromatic amines is 1. The summed E-state index contributed by atoms with van der Waals surface area (Å²) in [6, 6.07) is 6.57. The lowest BCUT2D eigenvalue weighted by Crippen LogP contribution is -2.18. The Morgan fingerprint density at radius 2 is 2.00 bits per heavy atom. The zero-order valence-electron chi connectivity index (χ0n) is 10.4. The number of nitrogens with zero attached hydrogens (tertiary/aromatic N) is 2. The third kappa shape index (κ3) is 3.52. The SMILES string of the molecule is CNS(=O)(=O)c1ccc(NCCc2ncn[nH]2)cc1. The first-order chi connectivity index (χ1) is 9.12. The van der Waals surface area contributed by atoms with Crippen molar-refractivity contribution in [3.05, 3.63) is 36.4 Å². The minimum atomic E-state index is -3.37. The molecule has 0 radical (unpaired) electrons. The van der Waals surface area contributed by atoms with Crippen LogP contribution in [0.5, 0.6) is 0 Å². The standard InChI is InChI=1S/C11H15N5O2S/c1-12-19(17,18)10-4-2-9(3-5-10)13-7-6-11-14-8-15-16-11/h2-5,8,12-13H,6-7H2,1H3,(H,14,15,16). The molecular formula is C11H15N5O2S. The Balaban J connectivity index is 1.92. The molecule has 7 nitrogen and oxygen atoms in total. The second kappa shape index (κ2) is 5.81. The Labute approximate surface area is 111 Å². The van der Waals surface area contributed by atoms with Crippen LogP contribution in [0.2, 0.25) is 0 Å². The van der Waals surface area contributed by atoms with Crippen LogP contribution in [-0.2, 0) is 16.4 Å². The van der Waals surface area contributed by atoms with E-state index in [0.717, 1.165) is 17.9 Å². The Morgan fingerprint density at radius 1 is 1.26 bits per heavy atom. The van der Waals surface area contributed by atoms with Gasteiger partial charge in [0.2, 0.25) is 10.0 Å². The topological polar surface area (TPSA) is 99.8 Å². The van der Waals surface area contributed by atoms with Crippen LogP contribution in [0.1, 0.15) is 5.82 Å². The normalized spacial score (nSPS) is 11.4. The number of benzene rings is 1. The van der Waals surface area contributed by atoms with Gasteiger partial charge in [-0.2, -0.15) is 5.10 Å². The van der Waals surface area contributed by atoms with Gasteiger partial charge in [-0.25, -0.2) is 18.1 Å². The van der Waals surface area contributed by atoms with E-state index in [1.54, 1.807) is 24.3 Å². The number of nitrogens with one attached hydrogen (secondary N) is 3. The summed E-state index contributed by atoms with van der Waals surface area (Å²) in [6.45, 7) is 0.688. The van der Waals surface area contributed by atoms with E-state index >= 15 is 0 Å². The summed E-state index contributed by atoms with van der Waals surface area (Å²) in [5, 5.41) is 9.71. The third-order valence-electron chi connectivity index (χ3n) is 2.59. The second-order valence-corrected chi connectivity index (χ2v) is 5.73. The summed E-state index contributed by atoms with van der Waals surface area (Å²) < 4.78 is 25.3. The molecule has 0 unspecified atom stereocenters. The predicted octanol–water partition coefficient (Wildman–Crippen LogP) is 0.367. The number of rotatable bonds is 6. The highest BCUT2D eigenvalue weighted by Crippen LogP contribution is 2.13.